The van der Waals surface area contributed by atoms with E-state index in [1.54, 1.807) is 24.4 Å². The number of aromatic nitrogens is 7. The number of rotatable bonds is 3. The summed E-state index contributed by atoms with van der Waals surface area (Å²) in [5.74, 6) is -0.786. The van der Waals surface area contributed by atoms with Gasteiger partial charge < -0.3 is 14.3 Å². The van der Waals surface area contributed by atoms with Crippen molar-refractivity contribution in [1.29, 1.82) is 0 Å². The Morgan fingerprint density at radius 3 is 2.83 bits per heavy atom. The molecule has 0 spiro atoms. The van der Waals surface area contributed by atoms with Crippen LogP contribution in [0, 0.1) is 0 Å². The van der Waals surface area contributed by atoms with Gasteiger partial charge in [0, 0.05) is 31.1 Å². The molecule has 1 atom stereocenters. The number of carbonyl (C=O) groups is 1. The van der Waals surface area contributed by atoms with Crippen molar-refractivity contribution in [2.24, 2.45) is 0 Å². The third kappa shape index (κ3) is 3.52. The molecule has 0 radical (unpaired) electrons. The second kappa shape index (κ2) is 7.75. The van der Waals surface area contributed by atoms with Crippen LogP contribution in [0.25, 0.3) is 17.1 Å². The summed E-state index contributed by atoms with van der Waals surface area (Å²) in [6.45, 7) is 0.236. The molecule has 176 valence electrons. The summed E-state index contributed by atoms with van der Waals surface area (Å²) < 4.78 is 47.4. The zero-order chi connectivity index (χ0) is 24.2. The minimum Gasteiger partial charge on any atom is -0.411 e. The van der Waals surface area contributed by atoms with Crippen molar-refractivity contribution in [3.63, 3.8) is 0 Å². The van der Waals surface area contributed by atoms with Crippen molar-refractivity contribution in [2.75, 3.05) is 6.54 Å². The van der Waals surface area contributed by atoms with E-state index < -0.39 is 23.7 Å². The van der Waals surface area contributed by atoms with Crippen molar-refractivity contribution in [1.82, 2.24) is 39.7 Å². The zero-order valence-electron chi connectivity index (χ0n) is 17.8. The third-order valence-electron chi connectivity index (χ3n) is 5.78. The first-order valence-electron chi connectivity index (χ1n) is 10.5. The fraction of sp³-hybridized carbons (Fsp3) is 0.182. The number of hydrogen-bond donors (Lipinski definition) is 1. The quantitative estimate of drug-likeness (QED) is 0.421. The molecule has 5 aromatic rings. The van der Waals surface area contributed by atoms with Gasteiger partial charge in [-0.25, -0.2) is 9.50 Å². The number of halogens is 3. The minimum atomic E-state index is -4.56. The summed E-state index contributed by atoms with van der Waals surface area (Å²) in [6.07, 6.45) is 0.352. The van der Waals surface area contributed by atoms with E-state index in [-0.39, 0.29) is 29.5 Å². The number of pyridine rings is 2. The number of H-pyrrole nitrogens is 1. The van der Waals surface area contributed by atoms with Crippen LogP contribution < -0.4 is 0 Å². The highest BCUT2D eigenvalue weighted by atomic mass is 19.4. The average molecular weight is 480 g/mol. The summed E-state index contributed by atoms with van der Waals surface area (Å²) in [5, 5.41) is 12.2. The molecule has 1 aliphatic heterocycles. The molecule has 13 heteroatoms. The maximum Gasteiger partial charge on any atom is 0.418 e. The highest BCUT2D eigenvalue weighted by Gasteiger charge is 2.39. The predicted octanol–water partition coefficient (Wildman–Crippen LogP) is 3.31. The van der Waals surface area contributed by atoms with Gasteiger partial charge in [0.15, 0.2) is 0 Å². The Labute approximate surface area is 194 Å². The Kier molecular flexibility index (Phi) is 4.65. The van der Waals surface area contributed by atoms with Gasteiger partial charge in [-0.3, -0.25) is 9.78 Å². The lowest BCUT2D eigenvalue weighted by molar-refractivity contribution is -0.136. The highest BCUT2D eigenvalue weighted by molar-refractivity contribution is 5.90. The van der Waals surface area contributed by atoms with Gasteiger partial charge >= 0.3 is 18.0 Å². The van der Waals surface area contributed by atoms with E-state index >= 15 is 0 Å². The SMILES string of the molecule is O=C(c1nnc(-c2ccccn2)o1)N1CCc2[nH]cnc2[C@H]1c1cc2c(C(F)(F)F)cccn2n1. The number of amides is 1. The first-order valence-corrected chi connectivity index (χ1v) is 10.5. The van der Waals surface area contributed by atoms with Gasteiger partial charge in [0.2, 0.25) is 0 Å². The number of imidazole rings is 1. The van der Waals surface area contributed by atoms with E-state index in [0.29, 0.717) is 17.8 Å². The van der Waals surface area contributed by atoms with E-state index in [4.69, 9.17) is 4.42 Å². The number of hydrogen-bond acceptors (Lipinski definition) is 7. The molecule has 1 aliphatic rings. The summed E-state index contributed by atoms with van der Waals surface area (Å²) in [7, 11) is 0. The number of nitrogens with one attached hydrogen (secondary N) is 1. The monoisotopic (exact) mass is 480 g/mol. The highest BCUT2D eigenvalue weighted by Crippen LogP contribution is 2.37. The number of alkyl halides is 3. The van der Waals surface area contributed by atoms with Crippen molar-refractivity contribution in [2.45, 2.75) is 18.6 Å². The molecule has 6 heterocycles. The molecule has 5 aromatic heterocycles. The molecule has 0 bridgehead atoms. The minimum absolute atomic E-state index is 0.0746. The standard InChI is InChI=1S/C22H15F3N8O2/c23-22(24,25)12-4-3-8-33-16(12)10-15(31-33)18-17-13(27-11-28-17)6-9-32(18)21(34)20-30-29-19(35-20)14-5-1-2-7-26-14/h1-5,7-8,10-11,18H,6,9H2,(H,27,28)/t18-/m1/s1. The largest absolute Gasteiger partial charge is 0.418 e. The molecular formula is C22H15F3N8O2. The van der Waals surface area contributed by atoms with E-state index in [1.807, 2.05) is 0 Å². The molecule has 10 nitrogen and oxygen atoms in total. The van der Waals surface area contributed by atoms with E-state index in [2.05, 4.69) is 30.2 Å². The van der Waals surface area contributed by atoms with Crippen molar-refractivity contribution in [3.8, 4) is 11.6 Å². The Balaban J connectivity index is 1.42. The van der Waals surface area contributed by atoms with Gasteiger partial charge in [-0.15, -0.1) is 10.2 Å². The topological polar surface area (TPSA) is 118 Å². The van der Waals surface area contributed by atoms with E-state index in [1.165, 1.54) is 29.6 Å². The van der Waals surface area contributed by atoms with Crippen molar-refractivity contribution >= 4 is 11.4 Å². The lowest BCUT2D eigenvalue weighted by Crippen LogP contribution is -2.41. The van der Waals surface area contributed by atoms with Crippen molar-refractivity contribution < 1.29 is 22.4 Å². The van der Waals surface area contributed by atoms with Gasteiger partial charge in [-0.05, 0) is 30.3 Å². The zero-order valence-corrected chi connectivity index (χ0v) is 17.8. The predicted molar refractivity (Wildman–Crippen MR) is 113 cm³/mol. The molecule has 6 rings (SSSR count). The van der Waals surface area contributed by atoms with Crippen LogP contribution in [0.5, 0.6) is 0 Å². The molecular weight excluding hydrogens is 465 g/mol. The van der Waals surface area contributed by atoms with Gasteiger partial charge in [-0.1, -0.05) is 6.07 Å². The summed E-state index contributed by atoms with van der Waals surface area (Å²) >= 11 is 0. The smallest absolute Gasteiger partial charge is 0.411 e. The second-order valence-corrected chi connectivity index (χ2v) is 7.86. The molecule has 35 heavy (non-hydrogen) atoms. The third-order valence-corrected chi connectivity index (χ3v) is 5.78. The Bertz CT molecular complexity index is 1540. The first kappa shape index (κ1) is 21.0. The molecule has 0 fully saturated rings. The van der Waals surface area contributed by atoms with Gasteiger partial charge in [0.1, 0.15) is 11.7 Å². The Morgan fingerprint density at radius 1 is 1.14 bits per heavy atom. The molecule has 1 amide bonds. The van der Waals surface area contributed by atoms with Gasteiger partial charge in [0.25, 0.3) is 5.89 Å². The summed E-state index contributed by atoms with van der Waals surface area (Å²) in [4.78, 5) is 26.4. The first-order chi connectivity index (χ1) is 16.9. The van der Waals surface area contributed by atoms with E-state index in [9.17, 15) is 18.0 Å². The Hall–Kier alpha value is -4.55. The van der Waals surface area contributed by atoms with Crippen LogP contribution >= 0.6 is 0 Å². The lowest BCUT2D eigenvalue weighted by atomic mass is 9.99. The molecule has 0 aromatic carbocycles. The number of nitrogens with zero attached hydrogens (tertiary/aromatic N) is 7. The normalized spacial score (nSPS) is 16.0. The number of carbonyl (C=O) groups excluding carboxylic acids is 1. The van der Waals surface area contributed by atoms with Crippen LogP contribution in [0.3, 0.4) is 0 Å². The molecule has 1 N–H and O–H groups in total. The molecule has 0 saturated carbocycles. The second-order valence-electron chi connectivity index (χ2n) is 7.86. The average Bonchev–Trinajstić information content (AvgIpc) is 3.61. The van der Waals surface area contributed by atoms with Crippen LogP contribution in [0.15, 0.2) is 59.5 Å². The lowest BCUT2D eigenvalue weighted by Gasteiger charge is -2.32. The molecule has 0 saturated heterocycles. The van der Waals surface area contributed by atoms with Crippen molar-refractivity contribution in [3.05, 3.63) is 83.7 Å². The maximum absolute atomic E-state index is 13.6. The molecule has 0 aliphatic carbocycles. The van der Waals surface area contributed by atoms with Crippen LogP contribution in [0.1, 0.15) is 39.4 Å². The van der Waals surface area contributed by atoms with Gasteiger partial charge in [0.05, 0.1) is 28.8 Å². The van der Waals surface area contributed by atoms with Crippen LogP contribution in [0.4, 0.5) is 13.2 Å². The van der Waals surface area contributed by atoms with Crippen LogP contribution in [0.2, 0.25) is 0 Å². The van der Waals surface area contributed by atoms with Crippen LogP contribution in [-0.4, -0.2) is 52.1 Å². The van der Waals surface area contributed by atoms with Crippen LogP contribution in [-0.2, 0) is 12.6 Å². The maximum atomic E-state index is 13.6. The fourth-order valence-electron chi connectivity index (χ4n) is 4.23. The number of aromatic amines is 1. The number of fused-ring (bicyclic) bond motifs is 2. The Morgan fingerprint density at radius 2 is 2.03 bits per heavy atom. The summed E-state index contributed by atoms with van der Waals surface area (Å²) in [6, 6.07) is 7.86. The summed E-state index contributed by atoms with van der Waals surface area (Å²) in [5.41, 5.74) is 0.946. The fourth-order valence-corrected chi connectivity index (χ4v) is 4.23. The molecule has 0 unspecified atom stereocenters. The van der Waals surface area contributed by atoms with Gasteiger partial charge in [-0.2, -0.15) is 18.3 Å². The van der Waals surface area contributed by atoms with E-state index in [0.717, 1.165) is 16.3 Å².